The monoisotopic (exact) mass is 357 g/mol. The lowest BCUT2D eigenvalue weighted by Gasteiger charge is -2.11. The van der Waals surface area contributed by atoms with Crippen molar-refractivity contribution in [1.82, 2.24) is 0 Å². The zero-order valence-electron chi connectivity index (χ0n) is 10.9. The highest BCUT2D eigenvalue weighted by Gasteiger charge is 2.15. The largest absolute Gasteiger partial charge is 0.488 e. The zero-order valence-corrected chi connectivity index (χ0v) is 12.5. The normalized spacial score (nSPS) is 10.5. The fourth-order valence-electron chi connectivity index (χ4n) is 1.71. The number of ether oxygens (including phenoxy) is 1. The van der Waals surface area contributed by atoms with Crippen molar-refractivity contribution in [2.24, 2.45) is 0 Å². The molecule has 0 amide bonds. The van der Waals surface area contributed by atoms with Gasteiger partial charge in [0.15, 0.2) is 0 Å². The van der Waals surface area contributed by atoms with Crippen molar-refractivity contribution in [3.05, 3.63) is 67.7 Å². The van der Waals surface area contributed by atoms with Gasteiger partial charge in [-0.1, -0.05) is 0 Å². The molecular formula is C14H10BrF2NO3. The minimum Gasteiger partial charge on any atom is -0.488 e. The van der Waals surface area contributed by atoms with E-state index in [0.29, 0.717) is 5.56 Å². The molecule has 0 spiro atoms. The molecule has 21 heavy (non-hydrogen) atoms. The molecule has 0 aliphatic rings. The molecule has 0 saturated heterocycles. The van der Waals surface area contributed by atoms with Gasteiger partial charge in [0.25, 0.3) is 5.69 Å². The van der Waals surface area contributed by atoms with E-state index in [9.17, 15) is 18.9 Å². The maximum absolute atomic E-state index is 13.8. The summed E-state index contributed by atoms with van der Waals surface area (Å²) < 4.78 is 32.8. The lowest BCUT2D eigenvalue weighted by Crippen LogP contribution is -2.04. The van der Waals surface area contributed by atoms with Crippen LogP contribution >= 0.6 is 15.9 Å². The minimum absolute atomic E-state index is 0.123. The van der Waals surface area contributed by atoms with Crippen LogP contribution in [0.2, 0.25) is 0 Å². The van der Waals surface area contributed by atoms with Crippen molar-refractivity contribution in [1.29, 1.82) is 0 Å². The second-order valence-electron chi connectivity index (χ2n) is 4.32. The SMILES string of the molecule is Cc1ccc([N+](=O)[O-])cc1OCc1c(F)ccc(Br)c1F. The molecule has 2 aromatic carbocycles. The maximum atomic E-state index is 13.8. The molecule has 2 rings (SSSR count). The summed E-state index contributed by atoms with van der Waals surface area (Å²) in [6, 6.07) is 6.45. The molecule has 7 heteroatoms. The average molecular weight is 358 g/mol. The number of hydrogen-bond donors (Lipinski definition) is 0. The van der Waals surface area contributed by atoms with Gasteiger partial charge in [0.05, 0.1) is 21.0 Å². The van der Waals surface area contributed by atoms with Crippen molar-refractivity contribution >= 4 is 21.6 Å². The van der Waals surface area contributed by atoms with Crippen LogP contribution < -0.4 is 4.74 Å². The highest BCUT2D eigenvalue weighted by Crippen LogP contribution is 2.27. The van der Waals surface area contributed by atoms with Crippen molar-refractivity contribution in [2.75, 3.05) is 0 Å². The van der Waals surface area contributed by atoms with E-state index in [4.69, 9.17) is 4.74 Å². The van der Waals surface area contributed by atoms with E-state index in [1.54, 1.807) is 6.92 Å². The molecule has 0 heterocycles. The topological polar surface area (TPSA) is 52.4 Å². The summed E-state index contributed by atoms with van der Waals surface area (Å²) in [4.78, 5) is 10.2. The minimum atomic E-state index is -0.752. The predicted molar refractivity (Wildman–Crippen MR) is 76.2 cm³/mol. The van der Waals surface area contributed by atoms with Gasteiger partial charge < -0.3 is 4.74 Å². The van der Waals surface area contributed by atoms with Gasteiger partial charge in [-0.05, 0) is 46.6 Å². The number of nitro benzene ring substituents is 1. The van der Waals surface area contributed by atoms with Crippen molar-refractivity contribution in [3.8, 4) is 5.75 Å². The highest BCUT2D eigenvalue weighted by atomic mass is 79.9. The van der Waals surface area contributed by atoms with Crippen LogP contribution in [0.1, 0.15) is 11.1 Å². The maximum Gasteiger partial charge on any atom is 0.273 e. The van der Waals surface area contributed by atoms with Crippen LogP contribution in [-0.2, 0) is 6.61 Å². The number of aryl methyl sites for hydroxylation is 1. The van der Waals surface area contributed by atoms with Crippen molar-refractivity contribution < 1.29 is 18.4 Å². The Balaban J connectivity index is 2.26. The van der Waals surface area contributed by atoms with E-state index in [0.717, 1.165) is 6.07 Å². The first-order valence-electron chi connectivity index (χ1n) is 5.90. The van der Waals surface area contributed by atoms with Gasteiger partial charge in [-0.3, -0.25) is 10.1 Å². The van der Waals surface area contributed by atoms with E-state index >= 15 is 0 Å². The molecule has 0 saturated carbocycles. The fourth-order valence-corrected chi connectivity index (χ4v) is 2.08. The quantitative estimate of drug-likeness (QED) is 0.459. The molecule has 110 valence electrons. The fraction of sp³-hybridized carbons (Fsp3) is 0.143. The van der Waals surface area contributed by atoms with Gasteiger partial charge in [0.1, 0.15) is 24.0 Å². The molecule has 0 aliphatic heterocycles. The van der Waals surface area contributed by atoms with E-state index in [-0.39, 0.29) is 28.1 Å². The van der Waals surface area contributed by atoms with Gasteiger partial charge in [0, 0.05) is 6.07 Å². The number of nitrogens with zero attached hydrogens (tertiary/aromatic N) is 1. The smallest absolute Gasteiger partial charge is 0.273 e. The van der Waals surface area contributed by atoms with E-state index in [1.807, 2.05) is 0 Å². The number of non-ortho nitro benzene ring substituents is 1. The molecule has 0 aliphatic carbocycles. The molecule has 0 bridgehead atoms. The van der Waals surface area contributed by atoms with Gasteiger partial charge in [-0.2, -0.15) is 0 Å². The molecule has 0 N–H and O–H groups in total. The summed E-state index contributed by atoms with van der Waals surface area (Å²) in [7, 11) is 0. The molecular weight excluding hydrogens is 348 g/mol. The van der Waals surface area contributed by atoms with Crippen molar-refractivity contribution in [2.45, 2.75) is 13.5 Å². The number of hydrogen-bond acceptors (Lipinski definition) is 3. The molecule has 0 unspecified atom stereocenters. The number of rotatable bonds is 4. The third kappa shape index (κ3) is 3.36. The Morgan fingerprint density at radius 1 is 1.29 bits per heavy atom. The predicted octanol–water partition coefficient (Wildman–Crippen LogP) is 4.52. The van der Waals surface area contributed by atoms with E-state index in [1.165, 1.54) is 24.3 Å². The molecule has 0 radical (unpaired) electrons. The van der Waals surface area contributed by atoms with Crippen LogP contribution in [0.4, 0.5) is 14.5 Å². The number of halogens is 3. The molecule has 2 aromatic rings. The molecule has 0 fully saturated rings. The second kappa shape index (κ2) is 6.17. The summed E-state index contributed by atoms with van der Waals surface area (Å²) in [6.45, 7) is 1.33. The zero-order chi connectivity index (χ0) is 15.6. The average Bonchev–Trinajstić information content (AvgIpc) is 2.44. The van der Waals surface area contributed by atoms with Gasteiger partial charge in [-0.15, -0.1) is 0 Å². The van der Waals surface area contributed by atoms with Crippen LogP contribution in [0.25, 0.3) is 0 Å². The highest BCUT2D eigenvalue weighted by molar-refractivity contribution is 9.10. The lowest BCUT2D eigenvalue weighted by atomic mass is 10.2. The third-order valence-electron chi connectivity index (χ3n) is 2.89. The first-order valence-corrected chi connectivity index (χ1v) is 6.69. The van der Waals surface area contributed by atoms with Crippen LogP contribution in [-0.4, -0.2) is 4.92 Å². The Labute approximate surface area is 127 Å². The molecule has 4 nitrogen and oxygen atoms in total. The van der Waals surface area contributed by atoms with Gasteiger partial charge >= 0.3 is 0 Å². The number of benzene rings is 2. The van der Waals surface area contributed by atoms with Crippen molar-refractivity contribution in [3.63, 3.8) is 0 Å². The lowest BCUT2D eigenvalue weighted by molar-refractivity contribution is -0.385. The Bertz CT molecular complexity index is 707. The summed E-state index contributed by atoms with van der Waals surface area (Å²) in [5.41, 5.74) is 0.248. The summed E-state index contributed by atoms with van der Waals surface area (Å²) in [6.07, 6.45) is 0. The molecule has 0 atom stereocenters. The Kier molecular flexibility index (Phi) is 4.52. The van der Waals surface area contributed by atoms with E-state index < -0.39 is 16.6 Å². The van der Waals surface area contributed by atoms with E-state index in [2.05, 4.69) is 15.9 Å². The third-order valence-corrected chi connectivity index (χ3v) is 3.51. The first kappa shape index (κ1) is 15.4. The van der Waals surface area contributed by atoms with Crippen LogP contribution in [0.5, 0.6) is 5.75 Å². The standard InChI is InChI=1S/C14H10BrF2NO3/c1-8-2-3-9(18(19)20)6-13(8)21-7-10-12(16)5-4-11(15)14(10)17/h2-6H,7H2,1H3. The number of nitro groups is 1. The second-order valence-corrected chi connectivity index (χ2v) is 5.17. The summed E-state index contributed by atoms with van der Waals surface area (Å²) >= 11 is 2.97. The Hall–Kier alpha value is -2.02. The van der Waals surface area contributed by atoms with Crippen LogP contribution in [0.3, 0.4) is 0 Å². The van der Waals surface area contributed by atoms with Gasteiger partial charge in [-0.25, -0.2) is 8.78 Å². The van der Waals surface area contributed by atoms with Crippen LogP contribution in [0.15, 0.2) is 34.8 Å². The molecule has 0 aromatic heterocycles. The van der Waals surface area contributed by atoms with Gasteiger partial charge in [0.2, 0.25) is 0 Å². The summed E-state index contributed by atoms with van der Waals surface area (Å²) in [5.74, 6) is -1.28. The first-order chi connectivity index (χ1) is 9.90. The Morgan fingerprint density at radius 3 is 2.67 bits per heavy atom. The van der Waals surface area contributed by atoms with Crippen LogP contribution in [0, 0.1) is 28.7 Å². The summed E-state index contributed by atoms with van der Waals surface area (Å²) in [5, 5.41) is 10.7. The Morgan fingerprint density at radius 2 is 2.00 bits per heavy atom.